The summed E-state index contributed by atoms with van der Waals surface area (Å²) in [4.78, 5) is 41.6. The van der Waals surface area contributed by atoms with Crippen LogP contribution >= 0.6 is 11.3 Å². The van der Waals surface area contributed by atoms with Crippen molar-refractivity contribution in [2.45, 2.75) is 20.8 Å². The maximum absolute atomic E-state index is 12.6. The van der Waals surface area contributed by atoms with Gasteiger partial charge in [0.2, 0.25) is 0 Å². The van der Waals surface area contributed by atoms with E-state index in [1.165, 1.54) is 16.2 Å². The molecule has 0 bridgehead atoms. The van der Waals surface area contributed by atoms with Crippen LogP contribution in [0.4, 0.5) is 0 Å². The van der Waals surface area contributed by atoms with Gasteiger partial charge in [-0.1, -0.05) is 6.07 Å². The third kappa shape index (κ3) is 3.56. The number of hydrogen-bond donors (Lipinski definition) is 1. The van der Waals surface area contributed by atoms with Gasteiger partial charge < -0.3 is 14.6 Å². The number of H-pyrrole nitrogens is 1. The molecule has 2 heterocycles. The summed E-state index contributed by atoms with van der Waals surface area (Å²) in [5.41, 5.74) is 1.86. The van der Waals surface area contributed by atoms with Crippen LogP contribution in [0, 0.1) is 13.8 Å². The smallest absolute Gasteiger partial charge is 0.355 e. The van der Waals surface area contributed by atoms with Crippen LogP contribution < -0.4 is 0 Å². The summed E-state index contributed by atoms with van der Waals surface area (Å²) in [5.74, 6) is -0.904. The Labute approximate surface area is 144 Å². The van der Waals surface area contributed by atoms with Crippen LogP contribution in [0.2, 0.25) is 0 Å². The number of likely N-dealkylation sites (N-methyl/N-ethyl adjacent to an activating group) is 1. The topological polar surface area (TPSA) is 79.5 Å². The SMILES string of the molecule is CCOC(=O)c1[nH]c(C)c(C(=O)CN(C)C(=O)c2cccs2)c1C. The Bertz CT molecular complexity index is 762. The van der Waals surface area contributed by atoms with Crippen molar-refractivity contribution in [1.82, 2.24) is 9.88 Å². The standard InChI is InChI=1S/C17H20N2O4S/c1-5-23-17(22)15-10(2)14(11(3)18-15)12(20)9-19(4)16(21)13-7-6-8-24-13/h6-8,18H,5,9H2,1-4H3. The van der Waals surface area contributed by atoms with Crippen LogP contribution in [0.1, 0.15) is 48.7 Å². The van der Waals surface area contributed by atoms with Gasteiger partial charge in [0.15, 0.2) is 5.78 Å². The largest absolute Gasteiger partial charge is 0.461 e. The number of nitrogens with one attached hydrogen (secondary N) is 1. The number of nitrogens with zero attached hydrogens (tertiary/aromatic N) is 1. The molecule has 0 fully saturated rings. The van der Waals surface area contributed by atoms with Gasteiger partial charge in [-0.05, 0) is 37.8 Å². The van der Waals surface area contributed by atoms with E-state index >= 15 is 0 Å². The lowest BCUT2D eigenvalue weighted by molar-refractivity contribution is 0.0519. The van der Waals surface area contributed by atoms with Gasteiger partial charge in [-0.15, -0.1) is 11.3 Å². The molecule has 0 unspecified atom stereocenters. The molecule has 128 valence electrons. The van der Waals surface area contributed by atoms with E-state index in [2.05, 4.69) is 4.98 Å². The third-order valence-electron chi connectivity index (χ3n) is 3.66. The van der Waals surface area contributed by atoms with Crippen molar-refractivity contribution in [3.8, 4) is 0 Å². The van der Waals surface area contributed by atoms with E-state index in [4.69, 9.17) is 4.74 Å². The lowest BCUT2D eigenvalue weighted by atomic mass is 10.1. The van der Waals surface area contributed by atoms with E-state index < -0.39 is 5.97 Å². The fourth-order valence-corrected chi connectivity index (χ4v) is 3.25. The molecular formula is C17H20N2O4S. The first-order valence-corrected chi connectivity index (χ1v) is 8.43. The zero-order valence-corrected chi connectivity index (χ0v) is 15.0. The summed E-state index contributed by atoms with van der Waals surface area (Å²) in [6.45, 7) is 5.35. The molecule has 2 rings (SSSR count). The van der Waals surface area contributed by atoms with Gasteiger partial charge >= 0.3 is 5.97 Å². The second-order valence-corrected chi connectivity index (χ2v) is 6.35. The van der Waals surface area contributed by atoms with Gasteiger partial charge in [0, 0.05) is 18.3 Å². The molecule has 24 heavy (non-hydrogen) atoms. The maximum Gasteiger partial charge on any atom is 0.355 e. The number of aromatic amines is 1. The summed E-state index contributed by atoms with van der Waals surface area (Å²) < 4.78 is 4.98. The number of Topliss-reactive ketones (excluding diaryl/α,β-unsaturated/α-hetero) is 1. The highest BCUT2D eigenvalue weighted by Gasteiger charge is 2.24. The van der Waals surface area contributed by atoms with Crippen molar-refractivity contribution in [3.63, 3.8) is 0 Å². The molecule has 2 aromatic rings. The molecule has 0 saturated heterocycles. The summed E-state index contributed by atoms with van der Waals surface area (Å²) in [7, 11) is 1.59. The van der Waals surface area contributed by atoms with E-state index in [-0.39, 0.29) is 30.5 Å². The highest BCUT2D eigenvalue weighted by molar-refractivity contribution is 7.12. The van der Waals surface area contributed by atoms with Crippen molar-refractivity contribution < 1.29 is 19.1 Å². The highest BCUT2D eigenvalue weighted by atomic mass is 32.1. The molecule has 2 aromatic heterocycles. The minimum Gasteiger partial charge on any atom is -0.461 e. The Kier molecular flexibility index (Phi) is 5.56. The lowest BCUT2D eigenvalue weighted by Gasteiger charge is -2.15. The number of ketones is 1. The predicted octanol–water partition coefficient (Wildman–Crippen LogP) is 2.82. The van der Waals surface area contributed by atoms with E-state index in [9.17, 15) is 14.4 Å². The van der Waals surface area contributed by atoms with Crippen LogP contribution in [0.25, 0.3) is 0 Å². The second-order valence-electron chi connectivity index (χ2n) is 5.41. The Morgan fingerprint density at radius 1 is 1.29 bits per heavy atom. The summed E-state index contributed by atoms with van der Waals surface area (Å²) in [5, 5.41) is 1.81. The molecule has 1 amide bonds. The average Bonchev–Trinajstić information content (AvgIpc) is 3.15. The molecule has 0 atom stereocenters. The summed E-state index contributed by atoms with van der Waals surface area (Å²) in [6, 6.07) is 3.51. The quantitative estimate of drug-likeness (QED) is 0.643. The minimum atomic E-state index is -0.486. The molecule has 0 spiro atoms. The fraction of sp³-hybridized carbons (Fsp3) is 0.353. The Morgan fingerprint density at radius 2 is 2.00 bits per heavy atom. The minimum absolute atomic E-state index is 0.0570. The Hall–Kier alpha value is -2.41. The van der Waals surface area contributed by atoms with Gasteiger partial charge in [0.1, 0.15) is 5.69 Å². The molecule has 0 aliphatic carbocycles. The van der Waals surface area contributed by atoms with Crippen molar-refractivity contribution in [2.24, 2.45) is 0 Å². The first kappa shape index (κ1) is 17.9. The first-order valence-electron chi connectivity index (χ1n) is 7.55. The zero-order chi connectivity index (χ0) is 17.9. The third-order valence-corrected chi connectivity index (χ3v) is 4.51. The number of hydrogen-bond acceptors (Lipinski definition) is 5. The summed E-state index contributed by atoms with van der Waals surface area (Å²) >= 11 is 1.33. The van der Waals surface area contributed by atoms with Gasteiger partial charge in [-0.3, -0.25) is 9.59 Å². The number of aromatic nitrogens is 1. The molecule has 0 saturated carbocycles. The number of thiophene rings is 1. The van der Waals surface area contributed by atoms with Crippen LogP contribution in [0.5, 0.6) is 0 Å². The molecule has 0 radical (unpaired) electrons. The number of aryl methyl sites for hydroxylation is 1. The van der Waals surface area contributed by atoms with Crippen molar-refractivity contribution in [3.05, 3.63) is 44.9 Å². The molecule has 0 aliphatic heterocycles. The van der Waals surface area contributed by atoms with E-state index in [1.54, 1.807) is 40.0 Å². The molecule has 1 N–H and O–H groups in total. The van der Waals surface area contributed by atoms with Crippen LogP contribution in [-0.2, 0) is 4.74 Å². The Balaban J connectivity index is 2.18. The zero-order valence-electron chi connectivity index (χ0n) is 14.1. The van der Waals surface area contributed by atoms with Gasteiger partial charge in [-0.2, -0.15) is 0 Å². The fourth-order valence-electron chi connectivity index (χ4n) is 2.53. The van der Waals surface area contributed by atoms with Crippen LogP contribution in [0.3, 0.4) is 0 Å². The highest BCUT2D eigenvalue weighted by Crippen LogP contribution is 2.20. The lowest BCUT2D eigenvalue weighted by Crippen LogP contribution is -2.32. The second kappa shape index (κ2) is 7.44. The van der Waals surface area contributed by atoms with Gasteiger partial charge in [0.05, 0.1) is 18.0 Å². The number of carbonyl (C=O) groups excluding carboxylic acids is 3. The van der Waals surface area contributed by atoms with E-state index in [1.807, 2.05) is 5.38 Å². The molecule has 6 nitrogen and oxygen atoms in total. The van der Waals surface area contributed by atoms with Crippen molar-refractivity contribution in [2.75, 3.05) is 20.2 Å². The molecule has 7 heteroatoms. The molecular weight excluding hydrogens is 328 g/mol. The van der Waals surface area contributed by atoms with Gasteiger partial charge in [0.25, 0.3) is 5.91 Å². The number of carbonyl (C=O) groups is 3. The number of rotatable bonds is 6. The molecule has 0 aliphatic rings. The summed E-state index contributed by atoms with van der Waals surface area (Å²) in [6.07, 6.45) is 0. The Morgan fingerprint density at radius 3 is 2.58 bits per heavy atom. The van der Waals surface area contributed by atoms with E-state index in [0.717, 1.165) is 0 Å². The predicted molar refractivity (Wildman–Crippen MR) is 91.8 cm³/mol. The molecule has 0 aromatic carbocycles. The van der Waals surface area contributed by atoms with Crippen LogP contribution in [0.15, 0.2) is 17.5 Å². The van der Waals surface area contributed by atoms with Crippen LogP contribution in [-0.4, -0.2) is 47.7 Å². The van der Waals surface area contributed by atoms with E-state index in [0.29, 0.717) is 21.7 Å². The number of amides is 1. The first-order chi connectivity index (χ1) is 11.4. The number of esters is 1. The normalized spacial score (nSPS) is 10.5. The van der Waals surface area contributed by atoms with Crippen molar-refractivity contribution >= 4 is 29.0 Å². The van der Waals surface area contributed by atoms with Gasteiger partial charge in [-0.25, -0.2) is 4.79 Å². The maximum atomic E-state index is 12.6. The number of ether oxygens (including phenoxy) is 1. The average molecular weight is 348 g/mol. The van der Waals surface area contributed by atoms with Crippen molar-refractivity contribution in [1.29, 1.82) is 0 Å². The monoisotopic (exact) mass is 348 g/mol.